The molecule has 1 amide bonds. The number of Topliss-reactive ketones (excluding diaryl/α,β-unsaturated/α-hetero) is 1. The molecule has 0 aliphatic carbocycles. The van der Waals surface area contributed by atoms with E-state index in [2.05, 4.69) is 23.8 Å². The van der Waals surface area contributed by atoms with Crippen LogP contribution in [0, 0.1) is 6.92 Å². The summed E-state index contributed by atoms with van der Waals surface area (Å²) in [7, 11) is 1.73. The fourth-order valence-electron chi connectivity index (χ4n) is 2.81. The van der Waals surface area contributed by atoms with Gasteiger partial charge >= 0.3 is 0 Å². The van der Waals surface area contributed by atoms with Gasteiger partial charge in [0.05, 0.1) is 5.69 Å². The Kier molecular flexibility index (Phi) is 5.59. The van der Waals surface area contributed by atoms with Crippen LogP contribution in [0.3, 0.4) is 0 Å². The molecule has 5 nitrogen and oxygen atoms in total. The second kappa shape index (κ2) is 7.30. The molecule has 0 aliphatic heterocycles. The second-order valence-corrected chi connectivity index (χ2v) is 6.95. The number of thiazole rings is 1. The predicted octanol–water partition coefficient (Wildman–Crippen LogP) is 4.33. The zero-order chi connectivity index (χ0) is 18.0. The minimum Gasteiger partial charge on any atom is -0.354 e. The van der Waals surface area contributed by atoms with Crippen LogP contribution in [0.2, 0.25) is 0 Å². The summed E-state index contributed by atoms with van der Waals surface area (Å²) in [5.41, 5.74) is 3.67. The van der Waals surface area contributed by atoms with Gasteiger partial charge in [-0.05, 0) is 38.2 Å². The molecule has 0 aromatic carbocycles. The van der Waals surface area contributed by atoms with Crippen LogP contribution in [0.5, 0.6) is 0 Å². The quantitative estimate of drug-likeness (QED) is 0.791. The summed E-state index contributed by atoms with van der Waals surface area (Å²) in [5, 5.41) is 2.68. The van der Waals surface area contributed by atoms with Crippen molar-refractivity contribution < 1.29 is 9.59 Å². The van der Waals surface area contributed by atoms with Crippen molar-refractivity contribution in [3.05, 3.63) is 33.6 Å². The van der Waals surface area contributed by atoms with Crippen molar-refractivity contribution in [2.45, 2.75) is 53.4 Å². The van der Waals surface area contributed by atoms with Gasteiger partial charge in [0, 0.05) is 23.7 Å². The topological polar surface area (TPSA) is 66.1 Å². The minimum absolute atomic E-state index is 0.0180. The van der Waals surface area contributed by atoms with Crippen LogP contribution in [-0.2, 0) is 6.42 Å². The lowest BCUT2D eigenvalue weighted by Crippen LogP contribution is -2.27. The van der Waals surface area contributed by atoms with Crippen molar-refractivity contribution >= 4 is 28.2 Å². The Balaban J connectivity index is 2.36. The fourth-order valence-corrected chi connectivity index (χ4v) is 3.72. The number of ketones is 1. The molecule has 2 aromatic rings. The van der Waals surface area contributed by atoms with E-state index >= 15 is 0 Å². The molecule has 0 bridgehead atoms. The number of hydrogen-bond acceptors (Lipinski definition) is 4. The lowest BCUT2D eigenvalue weighted by atomic mass is 10.0. The van der Waals surface area contributed by atoms with Gasteiger partial charge in [-0.3, -0.25) is 14.5 Å². The highest BCUT2D eigenvalue weighted by molar-refractivity contribution is 7.14. The Bertz CT molecular complexity index is 760. The molecule has 2 aromatic heterocycles. The van der Waals surface area contributed by atoms with E-state index in [1.807, 2.05) is 19.2 Å². The Morgan fingerprint density at radius 3 is 2.58 bits per heavy atom. The summed E-state index contributed by atoms with van der Waals surface area (Å²) in [4.78, 5) is 34.0. The number of amides is 1. The first-order valence-corrected chi connectivity index (χ1v) is 9.15. The molecule has 0 aliphatic rings. The number of nitrogens with zero attached hydrogens (tertiary/aromatic N) is 2. The van der Waals surface area contributed by atoms with Crippen molar-refractivity contribution in [2.75, 3.05) is 11.9 Å². The number of rotatable bonds is 6. The van der Waals surface area contributed by atoms with E-state index in [0.717, 1.165) is 23.4 Å². The maximum atomic E-state index is 12.9. The number of aromatic nitrogens is 2. The predicted molar refractivity (Wildman–Crippen MR) is 98.5 cm³/mol. The first-order valence-electron chi connectivity index (χ1n) is 8.27. The first-order chi connectivity index (χ1) is 11.3. The van der Waals surface area contributed by atoms with Crippen LogP contribution in [0.25, 0.3) is 0 Å². The van der Waals surface area contributed by atoms with Crippen LogP contribution >= 0.6 is 11.3 Å². The first kappa shape index (κ1) is 18.4. The largest absolute Gasteiger partial charge is 0.354 e. The number of hydrogen-bond donors (Lipinski definition) is 1. The lowest BCUT2D eigenvalue weighted by Gasteiger charge is -2.14. The van der Waals surface area contributed by atoms with Gasteiger partial charge in [0.1, 0.15) is 5.69 Å². The van der Waals surface area contributed by atoms with Gasteiger partial charge in [0.25, 0.3) is 5.91 Å². The summed E-state index contributed by atoms with van der Waals surface area (Å²) >= 11 is 1.47. The second-order valence-electron chi connectivity index (χ2n) is 6.12. The average molecular weight is 347 g/mol. The third kappa shape index (κ3) is 3.29. The standard InChI is InChI=1S/C18H25N3O2S/c1-7-10(3)14-9-24-18(20-14)21(6)17(23)16-13(8-2)15(12(5)22)11(4)19-16/h9-10,19H,7-8H2,1-6H3/t10-/m0/s1. The number of H-pyrrole nitrogens is 1. The summed E-state index contributed by atoms with van der Waals surface area (Å²) in [6.07, 6.45) is 1.64. The number of anilines is 1. The van der Waals surface area contributed by atoms with Crippen molar-refractivity contribution in [1.82, 2.24) is 9.97 Å². The summed E-state index contributed by atoms with van der Waals surface area (Å²) in [6.45, 7) is 9.57. The number of nitrogens with one attached hydrogen (secondary N) is 1. The van der Waals surface area contributed by atoms with E-state index in [1.165, 1.54) is 18.3 Å². The molecule has 6 heteroatoms. The highest BCUT2D eigenvalue weighted by Crippen LogP contribution is 2.28. The van der Waals surface area contributed by atoms with Gasteiger partial charge in [0.15, 0.2) is 10.9 Å². The van der Waals surface area contributed by atoms with Crippen LogP contribution in [0.4, 0.5) is 5.13 Å². The van der Waals surface area contributed by atoms with E-state index in [0.29, 0.717) is 28.7 Å². The molecule has 0 fully saturated rings. The molecule has 0 saturated heterocycles. The third-order valence-electron chi connectivity index (χ3n) is 4.43. The summed E-state index contributed by atoms with van der Waals surface area (Å²) < 4.78 is 0. The smallest absolute Gasteiger partial charge is 0.276 e. The van der Waals surface area contributed by atoms with Gasteiger partial charge in [-0.1, -0.05) is 20.8 Å². The number of aryl methyl sites for hydroxylation is 1. The molecule has 2 heterocycles. The molecule has 0 spiro atoms. The van der Waals surface area contributed by atoms with Gasteiger partial charge < -0.3 is 4.98 Å². The third-order valence-corrected chi connectivity index (χ3v) is 5.36. The van der Waals surface area contributed by atoms with Crippen molar-refractivity contribution in [2.24, 2.45) is 0 Å². The Labute approximate surface area is 147 Å². The zero-order valence-electron chi connectivity index (χ0n) is 15.2. The number of aromatic amines is 1. The average Bonchev–Trinajstić information content (AvgIpc) is 3.16. The SMILES string of the molecule is CCc1c(C(=O)N(C)c2nc([C@@H](C)CC)cs2)[nH]c(C)c1C(C)=O. The Morgan fingerprint density at radius 1 is 1.38 bits per heavy atom. The number of carbonyl (C=O) groups is 2. The number of carbonyl (C=O) groups excluding carboxylic acids is 2. The Hall–Kier alpha value is -1.95. The van der Waals surface area contributed by atoms with Crippen LogP contribution in [0.15, 0.2) is 5.38 Å². The lowest BCUT2D eigenvalue weighted by molar-refractivity contribution is 0.0987. The van der Waals surface area contributed by atoms with E-state index in [1.54, 1.807) is 11.9 Å². The van der Waals surface area contributed by atoms with Crippen LogP contribution in [0.1, 0.15) is 77.8 Å². The van der Waals surface area contributed by atoms with Crippen molar-refractivity contribution in [3.8, 4) is 0 Å². The molecule has 0 radical (unpaired) electrons. The van der Waals surface area contributed by atoms with Gasteiger partial charge in [-0.15, -0.1) is 11.3 Å². The maximum absolute atomic E-state index is 12.9. The minimum atomic E-state index is -0.160. The molecular formula is C18H25N3O2S. The van der Waals surface area contributed by atoms with Crippen molar-refractivity contribution in [1.29, 1.82) is 0 Å². The van der Waals surface area contributed by atoms with E-state index < -0.39 is 0 Å². The molecule has 1 atom stereocenters. The van der Waals surface area contributed by atoms with E-state index in [4.69, 9.17) is 0 Å². The highest BCUT2D eigenvalue weighted by atomic mass is 32.1. The summed E-state index contributed by atoms with van der Waals surface area (Å²) in [5.74, 6) is 0.199. The molecular weight excluding hydrogens is 322 g/mol. The van der Waals surface area contributed by atoms with Crippen LogP contribution < -0.4 is 4.90 Å². The fraction of sp³-hybridized carbons (Fsp3) is 0.500. The molecule has 0 unspecified atom stereocenters. The van der Waals surface area contributed by atoms with Gasteiger partial charge in [0.2, 0.25) is 0 Å². The molecule has 1 N–H and O–H groups in total. The van der Waals surface area contributed by atoms with Gasteiger partial charge in [-0.2, -0.15) is 0 Å². The summed E-state index contributed by atoms with van der Waals surface area (Å²) in [6, 6.07) is 0. The normalized spacial score (nSPS) is 12.2. The molecule has 24 heavy (non-hydrogen) atoms. The van der Waals surface area contributed by atoms with Crippen LogP contribution in [-0.4, -0.2) is 28.7 Å². The molecule has 2 rings (SSSR count). The zero-order valence-corrected chi connectivity index (χ0v) is 16.0. The van der Waals surface area contributed by atoms with Crippen molar-refractivity contribution in [3.63, 3.8) is 0 Å². The maximum Gasteiger partial charge on any atom is 0.276 e. The highest BCUT2D eigenvalue weighted by Gasteiger charge is 2.25. The van der Waals surface area contributed by atoms with Gasteiger partial charge in [-0.25, -0.2) is 4.98 Å². The molecule has 0 saturated carbocycles. The Morgan fingerprint density at radius 2 is 2.04 bits per heavy atom. The van der Waals surface area contributed by atoms with E-state index in [-0.39, 0.29) is 11.7 Å². The van der Waals surface area contributed by atoms with E-state index in [9.17, 15) is 9.59 Å². The monoisotopic (exact) mass is 347 g/mol. The molecule has 130 valence electrons.